The average Bonchev–Trinajstić information content (AvgIpc) is 3.41. The van der Waals surface area contributed by atoms with Gasteiger partial charge in [0.15, 0.2) is 0 Å². The highest BCUT2D eigenvalue weighted by Gasteiger charge is 2.39. The van der Waals surface area contributed by atoms with Gasteiger partial charge in [0.1, 0.15) is 5.75 Å². The Labute approximate surface area is 139 Å². The molecule has 1 saturated carbocycles. The third kappa shape index (κ3) is 4.35. The minimum atomic E-state index is -2.85. The van der Waals surface area contributed by atoms with Gasteiger partial charge in [-0.25, -0.2) is 4.79 Å². The standard InChI is InChI=1S/C17H22F2N2O3/c18-16(19)24-15-4-2-1-3-13(15)7-8-20-17(22)21-9-10-23-11-14(21)12-5-6-12/h1-4,12,14,16H,5-11H2,(H,20,22)/t14-/m0/s1. The van der Waals surface area contributed by atoms with E-state index in [1.54, 1.807) is 18.2 Å². The predicted molar refractivity (Wildman–Crippen MR) is 84.2 cm³/mol. The molecule has 1 aromatic carbocycles. The number of amides is 2. The summed E-state index contributed by atoms with van der Waals surface area (Å²) in [5.74, 6) is 0.709. The fraction of sp³-hybridized carbons (Fsp3) is 0.588. The quantitative estimate of drug-likeness (QED) is 0.866. The van der Waals surface area contributed by atoms with Crippen LogP contribution in [-0.4, -0.2) is 49.9 Å². The minimum absolute atomic E-state index is 0.109. The van der Waals surface area contributed by atoms with E-state index in [4.69, 9.17) is 4.74 Å². The molecule has 2 amide bonds. The zero-order valence-corrected chi connectivity index (χ0v) is 13.4. The normalized spacial score (nSPS) is 21.0. The second-order valence-electron chi connectivity index (χ2n) is 6.14. The fourth-order valence-electron chi connectivity index (χ4n) is 3.07. The predicted octanol–water partition coefficient (Wildman–Crippen LogP) is 2.65. The summed E-state index contributed by atoms with van der Waals surface area (Å²) in [6.45, 7) is -0.728. The van der Waals surface area contributed by atoms with Gasteiger partial charge in [0, 0.05) is 13.1 Å². The Morgan fingerprint density at radius 2 is 2.17 bits per heavy atom. The van der Waals surface area contributed by atoms with Crippen LogP contribution in [0.1, 0.15) is 18.4 Å². The lowest BCUT2D eigenvalue weighted by Crippen LogP contribution is -2.53. The second kappa shape index (κ2) is 7.79. The molecule has 2 fully saturated rings. The lowest BCUT2D eigenvalue weighted by molar-refractivity contribution is -0.0504. The summed E-state index contributed by atoms with van der Waals surface area (Å²) < 4.78 is 34.8. The molecule has 5 nitrogen and oxygen atoms in total. The van der Waals surface area contributed by atoms with E-state index in [9.17, 15) is 13.6 Å². The number of morpholine rings is 1. The summed E-state index contributed by atoms with van der Waals surface area (Å²) in [6.07, 6.45) is 2.74. The van der Waals surface area contributed by atoms with Crippen molar-refractivity contribution >= 4 is 6.03 Å². The van der Waals surface area contributed by atoms with Crippen molar-refractivity contribution in [1.82, 2.24) is 10.2 Å². The van der Waals surface area contributed by atoms with E-state index in [0.717, 1.165) is 12.8 Å². The first kappa shape index (κ1) is 17.0. The molecule has 2 aliphatic rings. The summed E-state index contributed by atoms with van der Waals surface area (Å²) in [4.78, 5) is 14.3. The number of para-hydroxylation sites is 1. The Balaban J connectivity index is 1.51. The van der Waals surface area contributed by atoms with Gasteiger partial charge >= 0.3 is 12.6 Å². The Morgan fingerprint density at radius 3 is 2.92 bits per heavy atom. The maximum absolute atomic E-state index is 12.4. The molecular formula is C17H22F2N2O3. The smallest absolute Gasteiger partial charge is 0.387 e. The lowest BCUT2D eigenvalue weighted by Gasteiger charge is -2.35. The first-order chi connectivity index (χ1) is 11.6. The van der Waals surface area contributed by atoms with Crippen molar-refractivity contribution < 1.29 is 23.0 Å². The fourth-order valence-corrected chi connectivity index (χ4v) is 3.07. The number of nitrogens with zero attached hydrogens (tertiary/aromatic N) is 1. The summed E-state index contributed by atoms with van der Waals surface area (Å²) in [6, 6.07) is 6.70. The maximum Gasteiger partial charge on any atom is 0.387 e. The molecule has 1 aliphatic heterocycles. The molecule has 0 radical (unpaired) electrons. The van der Waals surface area contributed by atoms with Crippen LogP contribution in [0.15, 0.2) is 24.3 Å². The van der Waals surface area contributed by atoms with Crippen molar-refractivity contribution in [2.75, 3.05) is 26.3 Å². The van der Waals surface area contributed by atoms with E-state index < -0.39 is 6.61 Å². The van der Waals surface area contributed by atoms with Crippen LogP contribution in [0, 0.1) is 5.92 Å². The number of hydrogen-bond acceptors (Lipinski definition) is 3. The van der Waals surface area contributed by atoms with Crippen LogP contribution in [-0.2, 0) is 11.2 Å². The van der Waals surface area contributed by atoms with Crippen LogP contribution in [0.2, 0.25) is 0 Å². The van der Waals surface area contributed by atoms with Crippen molar-refractivity contribution in [1.29, 1.82) is 0 Å². The highest BCUT2D eigenvalue weighted by atomic mass is 19.3. The van der Waals surface area contributed by atoms with Crippen molar-refractivity contribution in [3.05, 3.63) is 29.8 Å². The highest BCUT2D eigenvalue weighted by molar-refractivity contribution is 5.74. The van der Waals surface area contributed by atoms with Crippen molar-refractivity contribution in [2.24, 2.45) is 5.92 Å². The summed E-state index contributed by atoms with van der Waals surface area (Å²) in [7, 11) is 0. The number of hydrogen-bond donors (Lipinski definition) is 1. The number of urea groups is 1. The molecule has 1 saturated heterocycles. The first-order valence-electron chi connectivity index (χ1n) is 8.30. The molecule has 1 N–H and O–H groups in total. The van der Waals surface area contributed by atoms with E-state index in [2.05, 4.69) is 10.1 Å². The molecule has 0 bridgehead atoms. The summed E-state index contributed by atoms with van der Waals surface area (Å²) >= 11 is 0. The maximum atomic E-state index is 12.4. The number of rotatable bonds is 6. The van der Waals surface area contributed by atoms with E-state index in [-0.39, 0.29) is 17.8 Å². The Hall–Kier alpha value is -1.89. The topological polar surface area (TPSA) is 50.8 Å². The van der Waals surface area contributed by atoms with E-state index in [0.29, 0.717) is 44.2 Å². The summed E-state index contributed by atoms with van der Waals surface area (Å²) in [5, 5.41) is 2.88. The molecule has 1 aliphatic carbocycles. The van der Waals surface area contributed by atoms with Gasteiger partial charge in [-0.1, -0.05) is 18.2 Å². The van der Waals surface area contributed by atoms with Crippen LogP contribution in [0.25, 0.3) is 0 Å². The van der Waals surface area contributed by atoms with Gasteiger partial charge in [-0.2, -0.15) is 8.78 Å². The molecule has 3 rings (SSSR count). The first-order valence-corrected chi connectivity index (χ1v) is 8.30. The molecule has 1 aromatic rings. The molecular weight excluding hydrogens is 318 g/mol. The number of alkyl halides is 2. The number of ether oxygens (including phenoxy) is 2. The van der Waals surface area contributed by atoms with Crippen LogP contribution in [0.5, 0.6) is 5.75 Å². The van der Waals surface area contributed by atoms with Crippen molar-refractivity contribution in [3.63, 3.8) is 0 Å². The third-order valence-electron chi connectivity index (χ3n) is 4.45. The molecule has 7 heteroatoms. The number of nitrogens with one attached hydrogen (secondary N) is 1. The third-order valence-corrected chi connectivity index (χ3v) is 4.45. The Morgan fingerprint density at radius 1 is 1.38 bits per heavy atom. The molecule has 0 unspecified atom stereocenters. The van der Waals surface area contributed by atoms with Gasteiger partial charge in [-0.15, -0.1) is 0 Å². The van der Waals surface area contributed by atoms with Gasteiger partial charge in [0.05, 0.1) is 19.3 Å². The largest absolute Gasteiger partial charge is 0.435 e. The van der Waals surface area contributed by atoms with E-state index in [1.807, 2.05) is 4.90 Å². The monoisotopic (exact) mass is 340 g/mol. The van der Waals surface area contributed by atoms with Gasteiger partial charge in [0.25, 0.3) is 0 Å². The van der Waals surface area contributed by atoms with Crippen LogP contribution >= 0.6 is 0 Å². The second-order valence-corrected chi connectivity index (χ2v) is 6.14. The van der Waals surface area contributed by atoms with Gasteiger partial charge in [-0.3, -0.25) is 0 Å². The van der Waals surface area contributed by atoms with E-state index in [1.165, 1.54) is 6.07 Å². The number of carbonyl (C=O) groups excluding carboxylic acids is 1. The highest BCUT2D eigenvalue weighted by Crippen LogP contribution is 2.36. The van der Waals surface area contributed by atoms with Gasteiger partial charge < -0.3 is 19.7 Å². The van der Waals surface area contributed by atoms with Crippen molar-refractivity contribution in [3.8, 4) is 5.75 Å². The van der Waals surface area contributed by atoms with Crippen LogP contribution in [0.4, 0.5) is 13.6 Å². The van der Waals surface area contributed by atoms with Gasteiger partial charge in [-0.05, 0) is 36.8 Å². The molecule has 0 aromatic heterocycles. The minimum Gasteiger partial charge on any atom is -0.435 e. The number of halogens is 2. The average molecular weight is 340 g/mol. The van der Waals surface area contributed by atoms with E-state index >= 15 is 0 Å². The molecule has 1 heterocycles. The lowest BCUT2D eigenvalue weighted by atomic mass is 10.1. The van der Waals surface area contributed by atoms with Gasteiger partial charge in [0.2, 0.25) is 0 Å². The molecule has 1 atom stereocenters. The summed E-state index contributed by atoms with van der Waals surface area (Å²) in [5.41, 5.74) is 0.652. The van der Waals surface area contributed by atoms with Crippen molar-refractivity contribution in [2.45, 2.75) is 31.9 Å². The zero-order valence-electron chi connectivity index (χ0n) is 13.4. The van der Waals surface area contributed by atoms with Crippen LogP contribution in [0.3, 0.4) is 0 Å². The van der Waals surface area contributed by atoms with Crippen LogP contribution < -0.4 is 10.1 Å². The number of carbonyl (C=O) groups is 1. The Kier molecular flexibility index (Phi) is 5.50. The Bertz CT molecular complexity index is 567. The number of benzene rings is 1. The molecule has 132 valence electrons. The molecule has 24 heavy (non-hydrogen) atoms. The molecule has 0 spiro atoms. The SMILES string of the molecule is O=C(NCCc1ccccc1OC(F)F)N1CCOC[C@H]1C1CC1. The zero-order chi connectivity index (χ0) is 16.9.